The van der Waals surface area contributed by atoms with Gasteiger partial charge in [-0.3, -0.25) is 0 Å². The van der Waals surface area contributed by atoms with E-state index in [-0.39, 0.29) is 0 Å². The van der Waals surface area contributed by atoms with E-state index in [9.17, 15) is 10.5 Å². The minimum absolute atomic E-state index is 0.747. The second-order valence-corrected chi connectivity index (χ2v) is 5.18. The van der Waals surface area contributed by atoms with Crippen molar-refractivity contribution in [3.05, 3.63) is 35.9 Å². The van der Waals surface area contributed by atoms with Crippen molar-refractivity contribution in [2.75, 3.05) is 6.26 Å². The fourth-order valence-corrected chi connectivity index (χ4v) is 2.24. The van der Waals surface area contributed by atoms with Crippen LogP contribution < -0.4 is 0 Å². The molecule has 0 radical (unpaired) electrons. The first-order chi connectivity index (χ1) is 7.54. The molecule has 1 rings (SSSR count). The predicted molar refractivity (Wildman–Crippen MR) is 66.9 cm³/mol. The maximum Gasteiger partial charge on any atom is 0.122 e. The Morgan fingerprint density at radius 1 is 1.06 bits per heavy atom. The minimum Gasteiger partial charge on any atom is -0.197 e. The number of nitriles is 2. The normalized spacial score (nSPS) is 17.6. The van der Waals surface area contributed by atoms with E-state index in [0.29, 0.717) is 0 Å². The fraction of sp³-hybridized carbons (Fsp3) is 0.385. The highest BCUT2D eigenvalue weighted by Crippen LogP contribution is 2.42. The van der Waals surface area contributed by atoms with Gasteiger partial charge in [-0.05, 0) is 25.7 Å². The summed E-state index contributed by atoms with van der Waals surface area (Å²) in [4.78, 5) is 0. The minimum atomic E-state index is -0.803. The molecule has 2 atom stereocenters. The average molecular weight is 230 g/mol. The molecule has 0 aliphatic heterocycles. The highest BCUT2D eigenvalue weighted by atomic mass is 32.2. The summed E-state index contributed by atoms with van der Waals surface area (Å²) in [7, 11) is 0. The first-order valence-electron chi connectivity index (χ1n) is 4.97. The van der Waals surface area contributed by atoms with Gasteiger partial charge in [0.2, 0.25) is 0 Å². The molecule has 0 aliphatic rings. The van der Waals surface area contributed by atoms with Crippen molar-refractivity contribution in [3.8, 4) is 12.1 Å². The number of thioether (sulfide) groups is 1. The number of benzene rings is 1. The number of hydrogen-bond acceptors (Lipinski definition) is 3. The highest BCUT2D eigenvalue weighted by Gasteiger charge is 2.46. The molecule has 1 aromatic rings. The zero-order valence-electron chi connectivity index (χ0n) is 9.69. The van der Waals surface area contributed by atoms with Crippen LogP contribution in [0.2, 0.25) is 0 Å². The smallest absolute Gasteiger partial charge is 0.122 e. The van der Waals surface area contributed by atoms with Crippen molar-refractivity contribution in [1.29, 1.82) is 10.5 Å². The summed E-state index contributed by atoms with van der Waals surface area (Å²) in [5.41, 5.74) is 0.0819. The first kappa shape index (κ1) is 12.6. The monoisotopic (exact) mass is 230 g/mol. The van der Waals surface area contributed by atoms with E-state index >= 15 is 0 Å². The van der Waals surface area contributed by atoms with Crippen LogP contribution >= 0.6 is 11.8 Å². The van der Waals surface area contributed by atoms with E-state index in [2.05, 4.69) is 12.1 Å². The Bertz CT molecular complexity index is 443. The molecule has 0 saturated heterocycles. The quantitative estimate of drug-likeness (QED) is 0.801. The Balaban J connectivity index is 3.36. The molecule has 0 spiro atoms. The van der Waals surface area contributed by atoms with Crippen LogP contribution in [0.15, 0.2) is 30.3 Å². The molecule has 0 saturated carbocycles. The predicted octanol–water partition coefficient (Wildman–Crippen LogP) is 3.11. The Morgan fingerprint density at radius 3 is 2.00 bits per heavy atom. The van der Waals surface area contributed by atoms with Gasteiger partial charge in [-0.1, -0.05) is 30.3 Å². The molecule has 0 aliphatic carbocycles. The van der Waals surface area contributed by atoms with E-state index in [4.69, 9.17) is 0 Å². The van der Waals surface area contributed by atoms with Crippen LogP contribution in [0.25, 0.3) is 0 Å². The van der Waals surface area contributed by atoms with Crippen LogP contribution in [0.3, 0.4) is 0 Å². The maximum atomic E-state index is 9.42. The number of nitrogens with zero attached hydrogens (tertiary/aromatic N) is 2. The van der Waals surface area contributed by atoms with Crippen LogP contribution in [0.5, 0.6) is 0 Å². The van der Waals surface area contributed by atoms with Crippen molar-refractivity contribution in [1.82, 2.24) is 0 Å². The summed E-state index contributed by atoms with van der Waals surface area (Å²) in [6, 6.07) is 14.0. The van der Waals surface area contributed by atoms with Gasteiger partial charge in [0.25, 0.3) is 0 Å². The molecule has 0 fully saturated rings. The second kappa shape index (κ2) is 4.60. The Hall–Kier alpha value is -1.45. The van der Waals surface area contributed by atoms with E-state index in [1.165, 1.54) is 11.8 Å². The summed E-state index contributed by atoms with van der Waals surface area (Å²) in [5.74, 6) is 0. The third-order valence-electron chi connectivity index (χ3n) is 3.15. The Labute approximate surface area is 101 Å². The van der Waals surface area contributed by atoms with Crippen LogP contribution in [0.1, 0.15) is 19.4 Å². The molecule has 0 amide bonds. The molecule has 16 heavy (non-hydrogen) atoms. The lowest BCUT2D eigenvalue weighted by atomic mass is 9.73. The van der Waals surface area contributed by atoms with Crippen LogP contribution in [-0.4, -0.2) is 11.0 Å². The third-order valence-corrected chi connectivity index (χ3v) is 4.47. The molecule has 0 bridgehead atoms. The van der Waals surface area contributed by atoms with Gasteiger partial charge >= 0.3 is 0 Å². The van der Waals surface area contributed by atoms with Gasteiger partial charge in [-0.15, -0.1) is 11.8 Å². The van der Waals surface area contributed by atoms with Gasteiger partial charge in [-0.25, -0.2) is 0 Å². The second-order valence-electron chi connectivity index (χ2n) is 3.95. The first-order valence-corrected chi connectivity index (χ1v) is 6.20. The van der Waals surface area contributed by atoms with Crippen LogP contribution in [0.4, 0.5) is 0 Å². The molecule has 82 valence electrons. The number of hydrogen-bond donors (Lipinski definition) is 0. The van der Waals surface area contributed by atoms with Crippen LogP contribution in [0, 0.1) is 22.7 Å². The van der Waals surface area contributed by atoms with E-state index in [0.717, 1.165) is 5.56 Å². The SMILES string of the molecule is CSC(C)(C#N)C(C)(C#N)c1ccccc1. The van der Waals surface area contributed by atoms with Crippen molar-refractivity contribution in [2.45, 2.75) is 24.0 Å². The van der Waals surface area contributed by atoms with Gasteiger partial charge in [0.1, 0.15) is 10.2 Å². The lowest BCUT2D eigenvalue weighted by molar-refractivity contribution is 0.526. The van der Waals surface area contributed by atoms with Gasteiger partial charge in [0.15, 0.2) is 0 Å². The Morgan fingerprint density at radius 2 is 1.62 bits per heavy atom. The molecule has 2 unspecified atom stereocenters. The number of rotatable bonds is 3. The fourth-order valence-electron chi connectivity index (χ4n) is 1.58. The third kappa shape index (κ3) is 1.79. The van der Waals surface area contributed by atoms with Gasteiger partial charge < -0.3 is 0 Å². The largest absolute Gasteiger partial charge is 0.197 e. The van der Waals surface area contributed by atoms with Gasteiger partial charge in [0.05, 0.1) is 12.1 Å². The summed E-state index contributed by atoms with van der Waals surface area (Å²) in [6.45, 7) is 3.63. The lowest BCUT2D eigenvalue weighted by Crippen LogP contribution is -2.42. The van der Waals surface area contributed by atoms with Gasteiger partial charge in [-0.2, -0.15) is 10.5 Å². The zero-order valence-corrected chi connectivity index (χ0v) is 10.5. The van der Waals surface area contributed by atoms with E-state index in [1.54, 1.807) is 0 Å². The van der Waals surface area contributed by atoms with E-state index in [1.807, 2.05) is 50.4 Å². The summed E-state index contributed by atoms with van der Waals surface area (Å²) >= 11 is 1.41. The van der Waals surface area contributed by atoms with E-state index < -0.39 is 10.2 Å². The Kier molecular flexibility index (Phi) is 3.62. The molecular formula is C13H14N2S. The summed E-state index contributed by atoms with van der Waals surface area (Å²) in [5, 5.41) is 18.7. The molecule has 2 nitrogen and oxygen atoms in total. The standard InChI is InChI=1S/C13H14N2S/c1-12(9-14,13(2,10-15)16-3)11-7-5-4-6-8-11/h4-8H,1-3H3. The average Bonchev–Trinajstić information content (AvgIpc) is 2.37. The molecular weight excluding hydrogens is 216 g/mol. The summed E-state index contributed by atoms with van der Waals surface area (Å²) < 4.78 is -0.747. The van der Waals surface area contributed by atoms with Gasteiger partial charge in [0, 0.05) is 0 Å². The molecule has 0 N–H and O–H groups in total. The van der Waals surface area contributed by atoms with Crippen molar-refractivity contribution in [3.63, 3.8) is 0 Å². The van der Waals surface area contributed by atoms with Crippen molar-refractivity contribution in [2.24, 2.45) is 0 Å². The maximum absolute atomic E-state index is 9.42. The van der Waals surface area contributed by atoms with Crippen molar-refractivity contribution < 1.29 is 0 Å². The van der Waals surface area contributed by atoms with Crippen molar-refractivity contribution >= 4 is 11.8 Å². The topological polar surface area (TPSA) is 47.6 Å². The molecule has 0 aromatic heterocycles. The zero-order chi connectivity index (χ0) is 12.2. The molecule has 0 heterocycles. The van der Waals surface area contributed by atoms with Crippen LogP contribution in [-0.2, 0) is 5.41 Å². The highest BCUT2D eigenvalue weighted by molar-refractivity contribution is 8.00. The summed E-state index contributed by atoms with van der Waals surface area (Å²) in [6.07, 6.45) is 1.86. The molecule has 3 heteroatoms. The molecule has 1 aromatic carbocycles. The lowest BCUT2D eigenvalue weighted by Gasteiger charge is -2.35.